The third-order valence-corrected chi connectivity index (χ3v) is 8.06. The summed E-state index contributed by atoms with van der Waals surface area (Å²) in [6, 6.07) is 4.89. The maximum absolute atomic E-state index is 12.7. The molecule has 1 aromatic carbocycles. The Morgan fingerprint density at radius 1 is 1.35 bits per heavy atom. The van der Waals surface area contributed by atoms with Gasteiger partial charge in [-0.25, -0.2) is 18.2 Å². The summed E-state index contributed by atoms with van der Waals surface area (Å²) in [5, 5.41) is 0.908. The van der Waals surface area contributed by atoms with E-state index < -0.39 is 27.6 Å². The predicted molar refractivity (Wildman–Crippen MR) is 117 cm³/mol. The minimum absolute atomic E-state index is 0.131. The topological polar surface area (TPSA) is 104 Å². The van der Waals surface area contributed by atoms with Crippen LogP contribution in [0.5, 0.6) is 0 Å². The Labute approximate surface area is 188 Å². The second-order valence-corrected chi connectivity index (χ2v) is 10.7. The zero-order valence-corrected chi connectivity index (χ0v) is 19.9. The van der Waals surface area contributed by atoms with Gasteiger partial charge in [-0.15, -0.1) is 0 Å². The van der Waals surface area contributed by atoms with Gasteiger partial charge in [-0.1, -0.05) is 35.8 Å². The highest BCUT2D eigenvalue weighted by molar-refractivity contribution is 9.10. The third kappa shape index (κ3) is 3.54. The van der Waals surface area contributed by atoms with Crippen molar-refractivity contribution >= 4 is 42.9 Å². The van der Waals surface area contributed by atoms with Gasteiger partial charge in [0.2, 0.25) is 15.9 Å². The summed E-state index contributed by atoms with van der Waals surface area (Å²) in [4.78, 5) is 16.7. The second kappa shape index (κ2) is 7.64. The molecule has 31 heavy (non-hydrogen) atoms. The number of aromatic nitrogens is 2. The number of fused-ring (bicyclic) bond motifs is 1. The molecule has 9 nitrogen and oxygen atoms in total. The molecule has 1 saturated heterocycles. The zero-order valence-electron chi connectivity index (χ0n) is 17.5. The van der Waals surface area contributed by atoms with E-state index in [2.05, 4.69) is 20.9 Å². The summed E-state index contributed by atoms with van der Waals surface area (Å²) < 4.78 is 44.9. The minimum atomic E-state index is -3.87. The number of hydrogen-bond acceptors (Lipinski definition) is 7. The van der Waals surface area contributed by atoms with Crippen molar-refractivity contribution in [3.8, 4) is 11.3 Å². The first-order chi connectivity index (χ1) is 14.6. The van der Waals surface area contributed by atoms with Gasteiger partial charge in [-0.3, -0.25) is 0 Å². The molecule has 0 radical (unpaired) electrons. The molecule has 11 heteroatoms. The van der Waals surface area contributed by atoms with Crippen LogP contribution in [0.4, 0.5) is 4.79 Å². The van der Waals surface area contributed by atoms with Crippen LogP contribution in [0.15, 0.2) is 39.5 Å². The van der Waals surface area contributed by atoms with Crippen molar-refractivity contribution in [1.82, 2.24) is 13.9 Å². The summed E-state index contributed by atoms with van der Waals surface area (Å²) in [6.07, 6.45) is 2.46. The number of ether oxygens (including phenoxy) is 2. The lowest BCUT2D eigenvalue weighted by Crippen LogP contribution is -2.36. The summed E-state index contributed by atoms with van der Waals surface area (Å²) >= 11 is 3.59. The fourth-order valence-electron chi connectivity index (χ4n) is 4.12. The highest BCUT2D eigenvalue weighted by Gasteiger charge is 2.56. The van der Waals surface area contributed by atoms with E-state index in [0.29, 0.717) is 12.5 Å². The van der Waals surface area contributed by atoms with Gasteiger partial charge in [-0.05, 0) is 12.1 Å². The number of amides is 1. The molecule has 0 bridgehead atoms. The molecule has 0 saturated carbocycles. The van der Waals surface area contributed by atoms with Crippen molar-refractivity contribution in [3.05, 3.63) is 41.0 Å². The van der Waals surface area contributed by atoms with Crippen molar-refractivity contribution in [2.45, 2.75) is 26.6 Å². The molecule has 1 atom stereocenters. The first-order valence-electron chi connectivity index (χ1n) is 9.43. The molecule has 3 aromatic rings. The van der Waals surface area contributed by atoms with Gasteiger partial charge in [0.15, 0.2) is 5.76 Å². The van der Waals surface area contributed by atoms with E-state index in [-0.39, 0.29) is 11.6 Å². The Bertz CT molecular complexity index is 1260. The van der Waals surface area contributed by atoms with E-state index >= 15 is 0 Å². The van der Waals surface area contributed by atoms with Crippen molar-refractivity contribution in [3.63, 3.8) is 0 Å². The Morgan fingerprint density at radius 3 is 2.77 bits per heavy atom. The van der Waals surface area contributed by atoms with Gasteiger partial charge in [-0.2, -0.15) is 4.31 Å². The van der Waals surface area contributed by atoms with Crippen molar-refractivity contribution in [2.75, 3.05) is 20.0 Å². The summed E-state index contributed by atoms with van der Waals surface area (Å²) in [7, 11) is -1.12. The van der Waals surface area contributed by atoms with E-state index in [4.69, 9.17) is 13.9 Å². The fraction of sp³-hybridized carbons (Fsp3) is 0.400. The van der Waals surface area contributed by atoms with E-state index in [1.807, 2.05) is 29.0 Å². The van der Waals surface area contributed by atoms with E-state index in [9.17, 15) is 13.2 Å². The van der Waals surface area contributed by atoms with Crippen LogP contribution < -0.4 is 0 Å². The van der Waals surface area contributed by atoms with E-state index in [1.54, 1.807) is 21.0 Å². The molecule has 0 unspecified atom stereocenters. The Morgan fingerprint density at radius 2 is 2.10 bits per heavy atom. The van der Waals surface area contributed by atoms with Crippen LogP contribution in [0.1, 0.15) is 25.8 Å². The number of benzene rings is 1. The molecular weight excluding hydrogens is 490 g/mol. The quantitative estimate of drug-likeness (QED) is 0.518. The highest BCUT2D eigenvalue weighted by atomic mass is 79.9. The Kier molecular flexibility index (Phi) is 5.39. The lowest BCUT2D eigenvalue weighted by atomic mass is 9.86. The average Bonchev–Trinajstić information content (AvgIpc) is 3.34. The minimum Gasteiger partial charge on any atom is -0.452 e. The van der Waals surface area contributed by atoms with Crippen molar-refractivity contribution in [1.29, 1.82) is 0 Å². The molecule has 166 valence electrons. The molecule has 1 aliphatic rings. The number of hydrogen-bond donors (Lipinski definition) is 0. The van der Waals surface area contributed by atoms with E-state index in [0.717, 1.165) is 32.4 Å². The first kappa shape index (κ1) is 21.8. The van der Waals surface area contributed by atoms with Crippen LogP contribution in [-0.4, -0.2) is 48.3 Å². The SMILES string of the molecule is COCn1cc(-c2cnc([C@@H]3N(C(=O)OC)S(=O)(=O)CC3(C)C)o2)c2c(Br)cccc21. The number of halogens is 1. The van der Waals surface area contributed by atoms with Crippen LogP contribution in [-0.2, 0) is 26.2 Å². The van der Waals surface area contributed by atoms with Crippen LogP contribution in [0.2, 0.25) is 0 Å². The summed E-state index contributed by atoms with van der Waals surface area (Å²) in [6.45, 7) is 3.85. The standard InChI is InChI=1S/C20H22BrN3O6S/c1-20(2)10-31(26,27)24(19(25)29-4)17(20)18-22-8-15(30-18)12-9-23(11-28-3)14-7-5-6-13(21)16(12)14/h5-9,17H,10-11H2,1-4H3/t17-/m0/s1. The second-order valence-electron chi connectivity index (χ2n) is 8.04. The monoisotopic (exact) mass is 511 g/mol. The van der Waals surface area contributed by atoms with Gasteiger partial charge in [0.1, 0.15) is 12.8 Å². The van der Waals surface area contributed by atoms with Gasteiger partial charge in [0.25, 0.3) is 0 Å². The molecule has 4 rings (SSSR count). The number of rotatable bonds is 4. The van der Waals surface area contributed by atoms with Gasteiger partial charge < -0.3 is 18.5 Å². The Hall–Kier alpha value is -2.37. The molecule has 3 heterocycles. The van der Waals surface area contributed by atoms with Crippen LogP contribution >= 0.6 is 15.9 Å². The molecular formula is C20H22BrN3O6S. The maximum Gasteiger partial charge on any atom is 0.424 e. The van der Waals surface area contributed by atoms with E-state index in [1.165, 1.54) is 6.20 Å². The van der Waals surface area contributed by atoms with Crippen LogP contribution in [0, 0.1) is 5.41 Å². The largest absolute Gasteiger partial charge is 0.452 e. The molecule has 0 N–H and O–H groups in total. The molecule has 1 fully saturated rings. The lowest BCUT2D eigenvalue weighted by Gasteiger charge is -2.26. The molecule has 0 spiro atoms. The molecule has 0 aliphatic carbocycles. The first-order valence-corrected chi connectivity index (χ1v) is 11.8. The van der Waals surface area contributed by atoms with Gasteiger partial charge in [0, 0.05) is 34.1 Å². The highest BCUT2D eigenvalue weighted by Crippen LogP contribution is 2.48. The molecule has 2 aromatic heterocycles. The van der Waals surface area contributed by atoms with Crippen LogP contribution in [0.3, 0.4) is 0 Å². The number of carbonyl (C=O) groups excluding carboxylic acids is 1. The normalized spacial score (nSPS) is 19.8. The zero-order chi connectivity index (χ0) is 22.6. The summed E-state index contributed by atoms with van der Waals surface area (Å²) in [5.74, 6) is 0.355. The predicted octanol–water partition coefficient (Wildman–Crippen LogP) is 4.14. The van der Waals surface area contributed by atoms with Crippen LogP contribution in [0.25, 0.3) is 22.2 Å². The average molecular weight is 512 g/mol. The number of carbonyl (C=O) groups is 1. The maximum atomic E-state index is 12.7. The van der Waals surface area contributed by atoms with Crippen molar-refractivity contribution < 1.29 is 27.1 Å². The number of sulfonamides is 1. The smallest absolute Gasteiger partial charge is 0.424 e. The fourth-order valence-corrected chi connectivity index (χ4v) is 6.92. The van der Waals surface area contributed by atoms with Crippen molar-refractivity contribution in [2.24, 2.45) is 5.41 Å². The van der Waals surface area contributed by atoms with Gasteiger partial charge >= 0.3 is 6.09 Å². The lowest BCUT2D eigenvalue weighted by molar-refractivity contribution is 0.116. The molecule has 1 aliphatic heterocycles. The molecule has 1 amide bonds. The summed E-state index contributed by atoms with van der Waals surface area (Å²) in [5.41, 5.74) is 0.880. The number of oxazole rings is 1. The van der Waals surface area contributed by atoms with Gasteiger partial charge in [0.05, 0.1) is 24.6 Å². The Balaban J connectivity index is 1.84. The third-order valence-electron chi connectivity index (χ3n) is 5.33. The number of methoxy groups -OCH3 is 2. The number of nitrogens with zero attached hydrogens (tertiary/aromatic N) is 3.